The molecule has 0 heterocycles. The van der Waals surface area contributed by atoms with Gasteiger partial charge in [-0.15, -0.1) is 0 Å². The first kappa shape index (κ1) is 20.6. The van der Waals surface area contributed by atoms with Crippen LogP contribution in [0.1, 0.15) is 81.1 Å². The van der Waals surface area contributed by atoms with Gasteiger partial charge < -0.3 is 4.74 Å². The summed E-state index contributed by atoms with van der Waals surface area (Å²) in [5.41, 5.74) is 2.67. The van der Waals surface area contributed by atoms with E-state index in [1.54, 1.807) is 7.11 Å². The van der Waals surface area contributed by atoms with Gasteiger partial charge in [0.15, 0.2) is 5.78 Å². The Hall–Kier alpha value is -0.413. The molecule has 1 aliphatic rings. The van der Waals surface area contributed by atoms with Crippen molar-refractivity contribution < 1.29 is 9.53 Å². The number of methoxy groups -OCH3 is 1. The molecule has 23 heavy (non-hydrogen) atoms. The van der Waals surface area contributed by atoms with Gasteiger partial charge in [0, 0.05) is 13.5 Å². The van der Waals surface area contributed by atoms with E-state index in [-0.39, 0.29) is 5.60 Å². The summed E-state index contributed by atoms with van der Waals surface area (Å²) in [6, 6.07) is 0. The van der Waals surface area contributed by atoms with E-state index in [1.165, 1.54) is 10.8 Å². The van der Waals surface area contributed by atoms with Crippen molar-refractivity contribution in [2.45, 2.75) is 103 Å². The van der Waals surface area contributed by atoms with Crippen LogP contribution in [0.5, 0.6) is 0 Å². The van der Waals surface area contributed by atoms with Crippen LogP contribution in [0.25, 0.3) is 0 Å². The van der Waals surface area contributed by atoms with E-state index >= 15 is 0 Å². The van der Waals surface area contributed by atoms with Crippen molar-refractivity contribution in [3.8, 4) is 0 Å². The standard InChI is InChI=1S/C20H38O2Si/c1-10-11-12-17-19(18(21)13-20(17,8)22-9)23(14(2)3,15(4)5)16(6)7/h14-16H,10-13H2,1-9H3/t20-/m0/s1. The molecule has 2 nitrogen and oxygen atoms in total. The largest absolute Gasteiger partial charge is 0.374 e. The van der Waals surface area contributed by atoms with E-state index in [9.17, 15) is 4.79 Å². The summed E-state index contributed by atoms with van der Waals surface area (Å²) in [5, 5.41) is 1.25. The summed E-state index contributed by atoms with van der Waals surface area (Å²) < 4.78 is 5.89. The zero-order valence-corrected chi connectivity index (χ0v) is 17.9. The number of unbranched alkanes of at least 4 members (excludes halogenated alkanes) is 1. The summed E-state index contributed by atoms with van der Waals surface area (Å²) in [5.74, 6) is 0.378. The normalized spacial score (nSPS) is 23.0. The van der Waals surface area contributed by atoms with Gasteiger partial charge in [-0.2, -0.15) is 0 Å². The van der Waals surface area contributed by atoms with Crippen molar-refractivity contribution in [3.63, 3.8) is 0 Å². The molecule has 0 aromatic carbocycles. The quantitative estimate of drug-likeness (QED) is 0.502. The lowest BCUT2D eigenvalue weighted by atomic mass is 9.94. The molecule has 0 aliphatic heterocycles. The number of ether oxygens (including phenoxy) is 1. The van der Waals surface area contributed by atoms with Crippen LogP contribution in [0.3, 0.4) is 0 Å². The number of ketones is 1. The zero-order chi connectivity index (χ0) is 18.0. The fraction of sp³-hybridized carbons (Fsp3) is 0.850. The SMILES string of the molecule is CCCCC1=C([Si](C(C)C)(C(C)C)C(C)C)C(=O)C[C@]1(C)OC. The molecule has 0 saturated carbocycles. The highest BCUT2D eigenvalue weighted by Gasteiger charge is 2.55. The third kappa shape index (κ3) is 3.37. The Kier molecular flexibility index (Phi) is 6.86. The average Bonchev–Trinajstić information content (AvgIpc) is 2.68. The van der Waals surface area contributed by atoms with E-state index in [2.05, 4.69) is 55.4 Å². The fourth-order valence-corrected chi connectivity index (χ4v) is 12.5. The number of Topliss-reactive ketones (excluding diaryl/α,β-unsaturated/α-hetero) is 1. The van der Waals surface area contributed by atoms with Gasteiger partial charge in [0.05, 0.1) is 13.7 Å². The highest BCUT2D eigenvalue weighted by atomic mass is 28.3. The van der Waals surface area contributed by atoms with Crippen LogP contribution in [0.2, 0.25) is 16.6 Å². The van der Waals surface area contributed by atoms with Crippen LogP contribution in [-0.4, -0.2) is 26.6 Å². The molecule has 0 amide bonds. The first-order chi connectivity index (χ1) is 10.6. The molecule has 134 valence electrons. The van der Waals surface area contributed by atoms with Gasteiger partial charge in [-0.05, 0) is 47.2 Å². The maximum Gasteiger partial charge on any atom is 0.158 e. The van der Waals surface area contributed by atoms with Gasteiger partial charge in [-0.3, -0.25) is 4.79 Å². The molecule has 0 aromatic rings. The van der Waals surface area contributed by atoms with Crippen LogP contribution < -0.4 is 0 Å². The molecule has 0 N–H and O–H groups in total. The molecule has 0 spiro atoms. The highest BCUT2D eigenvalue weighted by Crippen LogP contribution is 2.53. The van der Waals surface area contributed by atoms with Gasteiger partial charge in [-0.25, -0.2) is 0 Å². The second-order valence-electron chi connectivity index (χ2n) is 8.39. The van der Waals surface area contributed by atoms with E-state index in [4.69, 9.17) is 4.74 Å². The van der Waals surface area contributed by atoms with E-state index in [1.807, 2.05) is 0 Å². The third-order valence-electron chi connectivity index (χ3n) is 6.25. The molecule has 0 saturated heterocycles. The third-order valence-corrected chi connectivity index (χ3v) is 13.4. The van der Waals surface area contributed by atoms with Crippen molar-refractivity contribution in [1.82, 2.24) is 0 Å². The van der Waals surface area contributed by atoms with Crippen LogP contribution >= 0.6 is 0 Å². The molecular formula is C20H38O2Si. The molecule has 0 fully saturated rings. The monoisotopic (exact) mass is 338 g/mol. The van der Waals surface area contributed by atoms with Gasteiger partial charge in [0.25, 0.3) is 0 Å². The zero-order valence-electron chi connectivity index (χ0n) is 16.9. The molecule has 0 unspecified atom stereocenters. The first-order valence-corrected chi connectivity index (χ1v) is 11.6. The summed E-state index contributed by atoms with van der Waals surface area (Å²) >= 11 is 0. The molecule has 3 heteroatoms. The minimum Gasteiger partial charge on any atom is -0.374 e. The summed E-state index contributed by atoms with van der Waals surface area (Å²) in [4.78, 5) is 13.2. The average molecular weight is 339 g/mol. The maximum atomic E-state index is 13.2. The molecule has 1 aliphatic carbocycles. The molecular weight excluding hydrogens is 300 g/mol. The van der Waals surface area contributed by atoms with Crippen LogP contribution in [0.15, 0.2) is 10.8 Å². The minimum absolute atomic E-state index is 0.376. The lowest BCUT2D eigenvalue weighted by molar-refractivity contribution is -0.117. The Bertz CT molecular complexity index is 440. The Morgan fingerprint density at radius 1 is 1.09 bits per heavy atom. The number of carbonyl (C=O) groups is 1. The lowest BCUT2D eigenvalue weighted by Crippen LogP contribution is -2.49. The smallest absolute Gasteiger partial charge is 0.158 e. The Morgan fingerprint density at radius 2 is 1.57 bits per heavy atom. The van der Waals surface area contributed by atoms with Crippen molar-refractivity contribution in [1.29, 1.82) is 0 Å². The van der Waals surface area contributed by atoms with E-state index in [0.29, 0.717) is 28.8 Å². The second kappa shape index (κ2) is 7.65. The number of hydrogen-bond acceptors (Lipinski definition) is 2. The minimum atomic E-state index is -1.93. The Labute approximate surface area is 145 Å². The van der Waals surface area contributed by atoms with Crippen LogP contribution in [0, 0.1) is 0 Å². The molecule has 0 radical (unpaired) electrons. The van der Waals surface area contributed by atoms with Crippen molar-refractivity contribution in [3.05, 3.63) is 10.8 Å². The van der Waals surface area contributed by atoms with Crippen molar-refractivity contribution in [2.24, 2.45) is 0 Å². The Morgan fingerprint density at radius 3 is 1.91 bits per heavy atom. The van der Waals surface area contributed by atoms with Crippen LogP contribution in [0.4, 0.5) is 0 Å². The number of hydrogen-bond donors (Lipinski definition) is 0. The molecule has 1 rings (SSSR count). The molecule has 0 aromatic heterocycles. The second-order valence-corrected chi connectivity index (χ2v) is 14.2. The molecule has 0 bridgehead atoms. The van der Waals surface area contributed by atoms with Gasteiger partial charge in [0.1, 0.15) is 0 Å². The predicted octanol–water partition coefficient (Wildman–Crippen LogP) is 6.07. The van der Waals surface area contributed by atoms with Crippen molar-refractivity contribution in [2.75, 3.05) is 7.11 Å². The lowest BCUT2D eigenvalue weighted by Gasteiger charge is -2.45. The summed E-state index contributed by atoms with van der Waals surface area (Å²) in [7, 11) is -0.156. The van der Waals surface area contributed by atoms with Gasteiger partial charge in [-0.1, -0.05) is 54.9 Å². The van der Waals surface area contributed by atoms with Crippen molar-refractivity contribution >= 4 is 13.9 Å². The summed E-state index contributed by atoms with van der Waals surface area (Å²) in [6.07, 6.45) is 3.86. The number of allylic oxidation sites excluding steroid dienone is 1. The first-order valence-electron chi connectivity index (χ1n) is 9.41. The Balaban J connectivity index is 3.68. The van der Waals surface area contributed by atoms with Gasteiger partial charge in [0.2, 0.25) is 0 Å². The summed E-state index contributed by atoms with van der Waals surface area (Å²) in [6.45, 7) is 18.4. The molecule has 1 atom stereocenters. The van der Waals surface area contributed by atoms with Crippen LogP contribution in [-0.2, 0) is 9.53 Å². The maximum absolute atomic E-state index is 13.2. The fourth-order valence-electron chi connectivity index (χ4n) is 5.24. The highest BCUT2D eigenvalue weighted by molar-refractivity contribution is 6.93. The topological polar surface area (TPSA) is 26.3 Å². The number of carbonyl (C=O) groups excluding carboxylic acids is 1. The number of rotatable bonds is 8. The van der Waals surface area contributed by atoms with Gasteiger partial charge >= 0.3 is 0 Å². The van der Waals surface area contributed by atoms with E-state index < -0.39 is 8.07 Å². The van der Waals surface area contributed by atoms with E-state index in [0.717, 1.165) is 19.3 Å². The predicted molar refractivity (Wildman–Crippen MR) is 103 cm³/mol.